The standard InChI is InChI=1S/C29H46F3N3O4/c1-34-20-22(19-21-11-4-3-5-12-21)26-24(14-10-17-35(26)27(33)36)28(37,16-8-9-18-38-2)23-13-6-7-15-25(23)39-29(30,31)32/h6-7,13,15,21-22,24,26,34,37H,3-5,8-12,14,16-20H2,1-2H3,(H2,33,36)/t22-,24?,26?,28+/m0/s1. The number of methoxy groups -OCH3 is 1. The highest BCUT2D eigenvalue weighted by atomic mass is 19.4. The summed E-state index contributed by atoms with van der Waals surface area (Å²) in [7, 11) is 3.46. The molecular formula is C29H46F3N3O4. The highest BCUT2D eigenvalue weighted by Gasteiger charge is 2.51. The van der Waals surface area contributed by atoms with Gasteiger partial charge in [0.2, 0.25) is 0 Å². The van der Waals surface area contributed by atoms with Crippen LogP contribution in [0.5, 0.6) is 5.75 Å². The molecule has 222 valence electrons. The van der Waals surface area contributed by atoms with Crippen molar-refractivity contribution in [2.75, 3.05) is 33.9 Å². The number of rotatable bonds is 13. The molecule has 1 aliphatic carbocycles. The van der Waals surface area contributed by atoms with Crippen molar-refractivity contribution >= 4 is 6.03 Å². The maximum absolute atomic E-state index is 13.4. The molecular weight excluding hydrogens is 511 g/mol. The van der Waals surface area contributed by atoms with Gasteiger partial charge in [-0.05, 0) is 70.0 Å². The first kappa shape index (κ1) is 31.5. The number of piperidine rings is 1. The molecule has 2 aliphatic rings. The maximum atomic E-state index is 13.4. The molecule has 1 aromatic carbocycles. The molecule has 10 heteroatoms. The lowest BCUT2D eigenvalue weighted by molar-refractivity contribution is -0.275. The van der Waals surface area contributed by atoms with E-state index in [1.807, 2.05) is 7.05 Å². The van der Waals surface area contributed by atoms with Crippen LogP contribution in [0.15, 0.2) is 24.3 Å². The lowest BCUT2D eigenvalue weighted by Gasteiger charge is -2.51. The van der Waals surface area contributed by atoms with Crippen molar-refractivity contribution in [3.63, 3.8) is 0 Å². The summed E-state index contributed by atoms with van der Waals surface area (Å²) in [5.74, 6) is -0.449. The molecule has 39 heavy (non-hydrogen) atoms. The number of hydrogen-bond donors (Lipinski definition) is 3. The summed E-state index contributed by atoms with van der Waals surface area (Å²) in [4.78, 5) is 14.4. The average molecular weight is 558 g/mol. The number of amides is 2. The first-order chi connectivity index (χ1) is 18.6. The van der Waals surface area contributed by atoms with Crippen LogP contribution in [0.4, 0.5) is 18.0 Å². The molecule has 4 N–H and O–H groups in total. The minimum absolute atomic E-state index is 0.0166. The highest BCUT2D eigenvalue weighted by molar-refractivity contribution is 5.72. The van der Waals surface area contributed by atoms with Gasteiger partial charge in [0.25, 0.3) is 0 Å². The molecule has 0 bridgehead atoms. The Morgan fingerprint density at radius 2 is 1.87 bits per heavy atom. The number of likely N-dealkylation sites (tertiary alicyclic amines) is 1. The quantitative estimate of drug-likeness (QED) is 0.276. The molecule has 3 rings (SSSR count). The number of halogens is 3. The number of nitrogens with one attached hydrogen (secondary N) is 1. The molecule has 1 aliphatic heterocycles. The van der Waals surface area contributed by atoms with Gasteiger partial charge in [0.15, 0.2) is 0 Å². The van der Waals surface area contributed by atoms with E-state index < -0.39 is 35.7 Å². The summed E-state index contributed by atoms with van der Waals surface area (Å²) < 4.78 is 49.9. The summed E-state index contributed by atoms with van der Waals surface area (Å²) in [5.41, 5.74) is 4.34. The van der Waals surface area contributed by atoms with Crippen molar-refractivity contribution in [2.45, 2.75) is 88.6 Å². The van der Waals surface area contributed by atoms with E-state index in [1.165, 1.54) is 37.5 Å². The van der Waals surface area contributed by atoms with Gasteiger partial charge in [0, 0.05) is 37.8 Å². The van der Waals surface area contributed by atoms with Gasteiger partial charge >= 0.3 is 12.4 Å². The van der Waals surface area contributed by atoms with E-state index in [0.29, 0.717) is 51.3 Å². The number of ether oxygens (including phenoxy) is 2. The van der Waals surface area contributed by atoms with Gasteiger partial charge in [-0.3, -0.25) is 0 Å². The van der Waals surface area contributed by atoms with Gasteiger partial charge in [0.05, 0.1) is 5.60 Å². The molecule has 7 nitrogen and oxygen atoms in total. The summed E-state index contributed by atoms with van der Waals surface area (Å²) in [5, 5.41) is 15.9. The van der Waals surface area contributed by atoms with Crippen molar-refractivity contribution in [2.24, 2.45) is 23.5 Å². The SMILES string of the molecule is CNC[C@H](CC1CCCCC1)C1C([C@@](O)(CCCCOC)c2ccccc2OC(F)(F)F)CCCN1C(N)=O. The number of unbranched alkanes of at least 4 members (excludes halogenated alkanes) is 1. The van der Waals surface area contributed by atoms with Crippen LogP contribution in [0.2, 0.25) is 0 Å². The van der Waals surface area contributed by atoms with Crippen molar-refractivity contribution in [3.8, 4) is 5.75 Å². The van der Waals surface area contributed by atoms with Crippen LogP contribution < -0.4 is 15.8 Å². The normalized spacial score (nSPS) is 23.3. The number of urea groups is 1. The third-order valence-corrected chi connectivity index (χ3v) is 8.63. The van der Waals surface area contributed by atoms with Gasteiger partial charge in [-0.15, -0.1) is 13.2 Å². The van der Waals surface area contributed by atoms with Crippen LogP contribution >= 0.6 is 0 Å². The molecule has 1 saturated carbocycles. The zero-order valence-electron chi connectivity index (χ0n) is 23.3. The molecule has 0 spiro atoms. The molecule has 0 aromatic heterocycles. The first-order valence-corrected chi connectivity index (χ1v) is 14.4. The van der Waals surface area contributed by atoms with Crippen molar-refractivity contribution < 1.29 is 32.5 Å². The van der Waals surface area contributed by atoms with Crippen LogP contribution in [0.1, 0.15) is 76.2 Å². The van der Waals surface area contributed by atoms with Crippen LogP contribution in [0, 0.1) is 17.8 Å². The second kappa shape index (κ2) is 14.6. The number of hydrogen-bond acceptors (Lipinski definition) is 5. The molecule has 0 radical (unpaired) electrons. The van der Waals surface area contributed by atoms with Crippen molar-refractivity contribution in [3.05, 3.63) is 29.8 Å². The van der Waals surface area contributed by atoms with Crippen molar-refractivity contribution in [1.29, 1.82) is 0 Å². The lowest BCUT2D eigenvalue weighted by Crippen LogP contribution is -2.60. The molecule has 2 fully saturated rings. The Bertz CT molecular complexity index is 897. The average Bonchev–Trinajstić information content (AvgIpc) is 2.90. The number of para-hydroxylation sites is 1. The smallest absolute Gasteiger partial charge is 0.405 e. The molecule has 2 unspecified atom stereocenters. The van der Waals surface area contributed by atoms with Crippen LogP contribution in [-0.4, -0.2) is 62.3 Å². The Labute approximate surface area is 230 Å². The summed E-state index contributed by atoms with van der Waals surface area (Å²) in [6, 6.07) is 4.87. The number of aliphatic hydroxyl groups is 1. The number of nitrogens with zero attached hydrogens (tertiary/aromatic N) is 1. The summed E-state index contributed by atoms with van der Waals surface area (Å²) >= 11 is 0. The van der Waals surface area contributed by atoms with E-state index in [-0.39, 0.29) is 17.9 Å². The number of nitrogens with two attached hydrogens (primary N) is 1. The van der Waals surface area contributed by atoms with E-state index in [9.17, 15) is 23.1 Å². The highest BCUT2D eigenvalue weighted by Crippen LogP contribution is 2.49. The Hall–Kier alpha value is -2.04. The van der Waals surface area contributed by atoms with E-state index in [1.54, 1.807) is 18.1 Å². The number of carbonyl (C=O) groups excluding carboxylic acids is 1. The molecule has 1 heterocycles. The number of benzene rings is 1. The van der Waals surface area contributed by atoms with Gasteiger partial charge in [0.1, 0.15) is 5.75 Å². The van der Waals surface area contributed by atoms with E-state index >= 15 is 0 Å². The molecule has 2 amide bonds. The fourth-order valence-corrected chi connectivity index (χ4v) is 7.04. The second-order valence-electron chi connectivity index (χ2n) is 11.2. The predicted molar refractivity (Wildman–Crippen MR) is 144 cm³/mol. The Morgan fingerprint density at radius 3 is 2.51 bits per heavy atom. The lowest BCUT2D eigenvalue weighted by atomic mass is 9.65. The van der Waals surface area contributed by atoms with Crippen molar-refractivity contribution in [1.82, 2.24) is 10.2 Å². The Kier molecular flexibility index (Phi) is 11.7. The number of alkyl halides is 3. The second-order valence-corrected chi connectivity index (χ2v) is 11.2. The first-order valence-electron chi connectivity index (χ1n) is 14.4. The Balaban J connectivity index is 2.09. The topological polar surface area (TPSA) is 97.1 Å². The van der Waals surface area contributed by atoms with Crippen LogP contribution in [0.25, 0.3) is 0 Å². The van der Waals surface area contributed by atoms with E-state index in [4.69, 9.17) is 10.5 Å². The fraction of sp³-hybridized carbons (Fsp3) is 0.759. The minimum Gasteiger partial charge on any atom is -0.405 e. The van der Waals surface area contributed by atoms with Crippen LogP contribution in [-0.2, 0) is 10.3 Å². The zero-order chi connectivity index (χ0) is 28.5. The number of carbonyl (C=O) groups is 1. The molecule has 1 saturated heterocycles. The monoisotopic (exact) mass is 557 g/mol. The van der Waals surface area contributed by atoms with Gasteiger partial charge < -0.3 is 30.5 Å². The summed E-state index contributed by atoms with van der Waals surface area (Å²) in [6.07, 6.45) is 4.32. The van der Waals surface area contributed by atoms with Gasteiger partial charge in [-0.2, -0.15) is 0 Å². The zero-order valence-corrected chi connectivity index (χ0v) is 23.3. The fourth-order valence-electron chi connectivity index (χ4n) is 7.04. The largest absolute Gasteiger partial charge is 0.573 e. The van der Waals surface area contributed by atoms with Gasteiger partial charge in [-0.25, -0.2) is 4.79 Å². The predicted octanol–water partition coefficient (Wildman–Crippen LogP) is 5.55. The third-order valence-electron chi connectivity index (χ3n) is 8.63. The third kappa shape index (κ3) is 8.47. The molecule has 1 aromatic rings. The van der Waals surface area contributed by atoms with Gasteiger partial charge in [-0.1, -0.05) is 50.3 Å². The van der Waals surface area contributed by atoms with E-state index in [2.05, 4.69) is 10.1 Å². The van der Waals surface area contributed by atoms with E-state index in [0.717, 1.165) is 19.3 Å². The number of primary amides is 1. The maximum Gasteiger partial charge on any atom is 0.573 e. The minimum atomic E-state index is -4.91. The molecule has 4 atom stereocenters. The van der Waals surface area contributed by atoms with Crippen LogP contribution in [0.3, 0.4) is 0 Å². The Morgan fingerprint density at radius 1 is 1.15 bits per heavy atom. The summed E-state index contributed by atoms with van der Waals surface area (Å²) in [6.45, 7) is 1.55.